The van der Waals surface area contributed by atoms with Crippen molar-refractivity contribution in [2.24, 2.45) is 12.5 Å². The lowest BCUT2D eigenvalue weighted by molar-refractivity contribution is 0.305. The zero-order valence-corrected chi connectivity index (χ0v) is 11.8. The number of nitrogens with zero attached hydrogens (tertiary/aromatic N) is 3. The SMILES string of the molecule is CCCNC(Cc1cn(C)nn1)CC(C)(C)C. The summed E-state index contributed by atoms with van der Waals surface area (Å²) in [5.74, 6) is 0. The lowest BCUT2D eigenvalue weighted by Gasteiger charge is -2.26. The van der Waals surface area contributed by atoms with Crippen LogP contribution >= 0.6 is 0 Å². The van der Waals surface area contributed by atoms with Crippen molar-refractivity contribution < 1.29 is 0 Å². The molecule has 1 aromatic heterocycles. The molecular weight excluding hydrogens is 212 g/mol. The van der Waals surface area contributed by atoms with Gasteiger partial charge >= 0.3 is 0 Å². The van der Waals surface area contributed by atoms with Gasteiger partial charge in [0.2, 0.25) is 0 Å². The van der Waals surface area contributed by atoms with E-state index in [-0.39, 0.29) is 0 Å². The predicted octanol–water partition coefficient (Wildman–Crippen LogP) is 2.16. The second-order valence-electron chi connectivity index (χ2n) is 6.00. The minimum atomic E-state index is 0.341. The van der Waals surface area contributed by atoms with Gasteiger partial charge in [0, 0.05) is 25.7 Å². The van der Waals surface area contributed by atoms with E-state index in [1.807, 2.05) is 13.2 Å². The van der Waals surface area contributed by atoms with Gasteiger partial charge in [0.15, 0.2) is 0 Å². The van der Waals surface area contributed by atoms with Gasteiger partial charge in [-0.3, -0.25) is 4.68 Å². The lowest BCUT2D eigenvalue weighted by atomic mass is 9.86. The monoisotopic (exact) mass is 238 g/mol. The van der Waals surface area contributed by atoms with Crippen LogP contribution in [-0.2, 0) is 13.5 Å². The summed E-state index contributed by atoms with van der Waals surface area (Å²) >= 11 is 0. The first-order chi connectivity index (χ1) is 7.90. The molecule has 1 aromatic rings. The van der Waals surface area contributed by atoms with Crippen molar-refractivity contribution in [3.8, 4) is 0 Å². The lowest BCUT2D eigenvalue weighted by Crippen LogP contribution is -2.35. The molecule has 0 aliphatic rings. The van der Waals surface area contributed by atoms with Crippen molar-refractivity contribution in [1.29, 1.82) is 0 Å². The number of aryl methyl sites for hydroxylation is 1. The van der Waals surface area contributed by atoms with E-state index in [2.05, 4.69) is 43.3 Å². The molecule has 1 atom stereocenters. The van der Waals surface area contributed by atoms with E-state index in [1.165, 1.54) is 6.42 Å². The van der Waals surface area contributed by atoms with Gasteiger partial charge in [-0.25, -0.2) is 0 Å². The quantitative estimate of drug-likeness (QED) is 0.826. The number of nitrogens with one attached hydrogen (secondary N) is 1. The second kappa shape index (κ2) is 6.15. The Kier molecular flexibility index (Phi) is 5.12. The molecule has 0 saturated heterocycles. The number of rotatable bonds is 6. The molecule has 1 N–H and O–H groups in total. The smallest absolute Gasteiger partial charge is 0.0842 e. The molecule has 0 radical (unpaired) electrons. The average molecular weight is 238 g/mol. The summed E-state index contributed by atoms with van der Waals surface area (Å²) < 4.78 is 1.77. The second-order valence-corrected chi connectivity index (χ2v) is 6.00. The summed E-state index contributed by atoms with van der Waals surface area (Å²) in [6, 6.07) is 0.492. The Labute approximate surface area is 105 Å². The molecule has 0 aliphatic carbocycles. The maximum atomic E-state index is 4.17. The Morgan fingerprint density at radius 2 is 2.12 bits per heavy atom. The first-order valence-corrected chi connectivity index (χ1v) is 6.49. The molecule has 1 unspecified atom stereocenters. The highest BCUT2D eigenvalue weighted by Crippen LogP contribution is 2.22. The van der Waals surface area contributed by atoms with E-state index in [9.17, 15) is 0 Å². The first kappa shape index (κ1) is 14.2. The maximum Gasteiger partial charge on any atom is 0.0842 e. The van der Waals surface area contributed by atoms with Crippen LogP contribution in [0.25, 0.3) is 0 Å². The normalized spacial score (nSPS) is 13.9. The van der Waals surface area contributed by atoms with E-state index in [0.29, 0.717) is 11.5 Å². The van der Waals surface area contributed by atoms with Crippen molar-refractivity contribution in [2.45, 2.75) is 53.0 Å². The number of hydrogen-bond donors (Lipinski definition) is 1. The molecule has 1 rings (SSSR count). The molecule has 0 aromatic carbocycles. The molecule has 1 heterocycles. The zero-order valence-electron chi connectivity index (χ0n) is 11.8. The number of hydrogen-bond acceptors (Lipinski definition) is 3. The molecule has 0 saturated carbocycles. The fourth-order valence-electron chi connectivity index (χ4n) is 2.05. The number of aromatic nitrogens is 3. The summed E-state index contributed by atoms with van der Waals surface area (Å²) in [4.78, 5) is 0. The summed E-state index contributed by atoms with van der Waals surface area (Å²) in [5, 5.41) is 11.8. The molecule has 4 heteroatoms. The van der Waals surface area contributed by atoms with Crippen molar-refractivity contribution in [3.05, 3.63) is 11.9 Å². The highest BCUT2D eigenvalue weighted by atomic mass is 15.4. The summed E-state index contributed by atoms with van der Waals surface area (Å²) in [6.07, 6.45) is 5.29. The Morgan fingerprint density at radius 3 is 2.59 bits per heavy atom. The van der Waals surface area contributed by atoms with Crippen molar-refractivity contribution in [2.75, 3.05) is 6.54 Å². The van der Waals surface area contributed by atoms with Gasteiger partial charge in [0.1, 0.15) is 0 Å². The van der Waals surface area contributed by atoms with Gasteiger partial charge in [-0.2, -0.15) is 0 Å². The van der Waals surface area contributed by atoms with Gasteiger partial charge in [-0.15, -0.1) is 5.10 Å². The largest absolute Gasteiger partial charge is 0.314 e. The fraction of sp³-hybridized carbons (Fsp3) is 0.846. The summed E-state index contributed by atoms with van der Waals surface area (Å²) in [7, 11) is 1.91. The van der Waals surface area contributed by atoms with Crippen LogP contribution in [0.15, 0.2) is 6.20 Å². The molecule has 0 aliphatic heterocycles. The molecule has 0 fully saturated rings. The Balaban J connectivity index is 2.56. The standard InChI is InChI=1S/C13H26N4/c1-6-7-14-11(9-13(2,3)4)8-12-10-17(5)16-15-12/h10-11,14H,6-9H2,1-5H3. The molecule has 0 spiro atoms. The molecule has 0 bridgehead atoms. The summed E-state index contributed by atoms with van der Waals surface area (Å²) in [6.45, 7) is 10.1. The van der Waals surface area contributed by atoms with Crippen LogP contribution in [0.4, 0.5) is 0 Å². The van der Waals surface area contributed by atoms with Crippen LogP contribution in [0.1, 0.15) is 46.2 Å². The average Bonchev–Trinajstić information content (AvgIpc) is 2.58. The molecule has 98 valence electrons. The van der Waals surface area contributed by atoms with Gasteiger partial charge in [-0.1, -0.05) is 32.9 Å². The third kappa shape index (κ3) is 5.82. The first-order valence-electron chi connectivity index (χ1n) is 6.49. The van der Waals surface area contributed by atoms with Crippen LogP contribution in [0, 0.1) is 5.41 Å². The predicted molar refractivity (Wildman–Crippen MR) is 70.9 cm³/mol. The van der Waals surface area contributed by atoms with E-state index < -0.39 is 0 Å². The van der Waals surface area contributed by atoms with Crippen LogP contribution in [-0.4, -0.2) is 27.6 Å². The van der Waals surface area contributed by atoms with E-state index in [0.717, 1.165) is 25.1 Å². The van der Waals surface area contributed by atoms with Gasteiger partial charge in [0.25, 0.3) is 0 Å². The van der Waals surface area contributed by atoms with E-state index in [4.69, 9.17) is 0 Å². The maximum absolute atomic E-state index is 4.17. The molecule has 17 heavy (non-hydrogen) atoms. The Hall–Kier alpha value is -0.900. The van der Waals surface area contributed by atoms with Crippen LogP contribution in [0.5, 0.6) is 0 Å². The topological polar surface area (TPSA) is 42.7 Å². The van der Waals surface area contributed by atoms with Crippen LogP contribution in [0.2, 0.25) is 0 Å². The molecule has 4 nitrogen and oxygen atoms in total. The van der Waals surface area contributed by atoms with Crippen molar-refractivity contribution in [1.82, 2.24) is 20.3 Å². The highest BCUT2D eigenvalue weighted by molar-refractivity contribution is 4.96. The van der Waals surface area contributed by atoms with Gasteiger partial charge < -0.3 is 5.32 Å². The Morgan fingerprint density at radius 1 is 1.41 bits per heavy atom. The highest BCUT2D eigenvalue weighted by Gasteiger charge is 2.19. The minimum absolute atomic E-state index is 0.341. The Bertz CT molecular complexity index is 324. The van der Waals surface area contributed by atoms with E-state index in [1.54, 1.807) is 4.68 Å². The zero-order chi connectivity index (χ0) is 12.9. The third-order valence-corrected chi connectivity index (χ3v) is 2.65. The minimum Gasteiger partial charge on any atom is -0.314 e. The molecule has 0 amide bonds. The third-order valence-electron chi connectivity index (χ3n) is 2.65. The van der Waals surface area contributed by atoms with Crippen molar-refractivity contribution in [3.63, 3.8) is 0 Å². The van der Waals surface area contributed by atoms with E-state index >= 15 is 0 Å². The fourth-order valence-corrected chi connectivity index (χ4v) is 2.05. The van der Waals surface area contributed by atoms with Gasteiger partial charge in [-0.05, 0) is 24.8 Å². The summed E-state index contributed by atoms with van der Waals surface area (Å²) in [5.41, 5.74) is 1.42. The van der Waals surface area contributed by atoms with Crippen LogP contribution < -0.4 is 5.32 Å². The molecular formula is C13H26N4. The van der Waals surface area contributed by atoms with Crippen LogP contribution in [0.3, 0.4) is 0 Å². The van der Waals surface area contributed by atoms with Gasteiger partial charge in [0.05, 0.1) is 5.69 Å². The van der Waals surface area contributed by atoms with Crippen molar-refractivity contribution >= 4 is 0 Å².